The third-order valence-electron chi connectivity index (χ3n) is 5.32. The van der Waals surface area contributed by atoms with Crippen LogP contribution in [0.25, 0.3) is 0 Å². The van der Waals surface area contributed by atoms with Gasteiger partial charge in [0.2, 0.25) is 0 Å². The molecule has 0 fully saturated rings. The molecular weight excluding hydrogens is 362 g/mol. The molecule has 0 unspecified atom stereocenters. The maximum atomic E-state index is 13.2. The molecule has 2 atom stereocenters. The summed E-state index contributed by atoms with van der Waals surface area (Å²) in [6.07, 6.45) is 2.05. The van der Waals surface area contributed by atoms with E-state index in [1.807, 2.05) is 0 Å². The molecule has 0 N–H and O–H groups in total. The van der Waals surface area contributed by atoms with Crippen LogP contribution in [0.5, 0.6) is 5.75 Å². The van der Waals surface area contributed by atoms with Gasteiger partial charge in [0.25, 0.3) is 5.69 Å². The van der Waals surface area contributed by atoms with Crippen molar-refractivity contribution >= 4 is 17.6 Å². The van der Waals surface area contributed by atoms with Gasteiger partial charge in [0.15, 0.2) is 0 Å². The number of esters is 2. The fraction of sp³-hybridized carbons (Fsp3) is 0.238. The van der Waals surface area contributed by atoms with Crippen molar-refractivity contribution in [2.45, 2.75) is 24.7 Å². The lowest BCUT2D eigenvalue weighted by molar-refractivity contribution is -0.384. The fourth-order valence-electron chi connectivity index (χ4n) is 4.21. The molecule has 1 heterocycles. The summed E-state index contributed by atoms with van der Waals surface area (Å²) in [4.78, 5) is 36.6. The van der Waals surface area contributed by atoms with E-state index in [-0.39, 0.29) is 17.9 Å². The molecule has 1 spiro atoms. The van der Waals surface area contributed by atoms with Crippen LogP contribution in [0.1, 0.15) is 30.4 Å². The highest BCUT2D eigenvalue weighted by Gasteiger charge is 2.61. The van der Waals surface area contributed by atoms with Gasteiger partial charge in [-0.15, -0.1) is 0 Å². The number of benzene rings is 2. The number of carbonyl (C=O) groups is 2. The van der Waals surface area contributed by atoms with Gasteiger partial charge in [-0.1, -0.05) is 36.4 Å². The summed E-state index contributed by atoms with van der Waals surface area (Å²) in [5.41, 5.74) is -0.0534. The molecule has 1 aliphatic heterocycles. The van der Waals surface area contributed by atoms with Gasteiger partial charge in [0.05, 0.1) is 17.1 Å². The molecule has 7 nitrogen and oxygen atoms in total. The minimum atomic E-state index is -1.38. The molecule has 0 bridgehead atoms. The molecule has 4 rings (SSSR count). The Kier molecular flexibility index (Phi) is 4.22. The van der Waals surface area contributed by atoms with Crippen LogP contribution in [0.15, 0.2) is 60.2 Å². The van der Waals surface area contributed by atoms with Crippen molar-refractivity contribution in [3.63, 3.8) is 0 Å². The molecular formula is C21H17NO6. The van der Waals surface area contributed by atoms with Gasteiger partial charge in [0, 0.05) is 23.6 Å². The van der Waals surface area contributed by atoms with E-state index in [0.717, 1.165) is 0 Å². The first-order chi connectivity index (χ1) is 13.5. The average Bonchev–Trinajstić information content (AvgIpc) is 3.22. The Morgan fingerprint density at radius 1 is 1.29 bits per heavy atom. The maximum Gasteiger partial charge on any atom is 0.335 e. The van der Waals surface area contributed by atoms with Crippen LogP contribution in [0, 0.1) is 10.1 Å². The summed E-state index contributed by atoms with van der Waals surface area (Å²) in [5, 5.41) is 11.2. The normalized spacial score (nSPS) is 22.5. The number of para-hydroxylation sites is 1. The van der Waals surface area contributed by atoms with Gasteiger partial charge < -0.3 is 9.47 Å². The van der Waals surface area contributed by atoms with E-state index in [9.17, 15) is 19.7 Å². The number of nitro benzene ring substituents is 1. The van der Waals surface area contributed by atoms with Crippen molar-refractivity contribution in [3.05, 3.63) is 81.4 Å². The van der Waals surface area contributed by atoms with Crippen LogP contribution in [-0.4, -0.2) is 23.5 Å². The average molecular weight is 379 g/mol. The van der Waals surface area contributed by atoms with Crippen molar-refractivity contribution in [1.29, 1.82) is 0 Å². The lowest BCUT2D eigenvalue weighted by Gasteiger charge is -2.31. The number of rotatable bonds is 4. The van der Waals surface area contributed by atoms with Crippen LogP contribution in [0.2, 0.25) is 0 Å². The Labute approximate surface area is 160 Å². The monoisotopic (exact) mass is 379 g/mol. The van der Waals surface area contributed by atoms with Crippen molar-refractivity contribution in [2.24, 2.45) is 0 Å². The summed E-state index contributed by atoms with van der Waals surface area (Å²) in [6.45, 7) is 1.86. The van der Waals surface area contributed by atoms with Gasteiger partial charge in [-0.3, -0.25) is 14.9 Å². The molecule has 142 valence electrons. The van der Waals surface area contributed by atoms with Gasteiger partial charge in [-0.05, 0) is 25.0 Å². The molecule has 0 radical (unpaired) electrons. The highest BCUT2D eigenvalue weighted by molar-refractivity contribution is 6.07. The van der Waals surface area contributed by atoms with Crippen LogP contribution >= 0.6 is 0 Å². The number of ether oxygens (including phenoxy) is 2. The topological polar surface area (TPSA) is 95.7 Å². The van der Waals surface area contributed by atoms with E-state index in [0.29, 0.717) is 23.3 Å². The minimum Gasteiger partial charge on any atom is -0.463 e. The second-order valence-electron chi connectivity index (χ2n) is 6.67. The number of non-ortho nitro benzene ring substituents is 1. The Hall–Kier alpha value is -3.48. The quantitative estimate of drug-likeness (QED) is 0.349. The lowest BCUT2D eigenvalue weighted by atomic mass is 9.67. The first-order valence-electron chi connectivity index (χ1n) is 8.94. The van der Waals surface area contributed by atoms with Gasteiger partial charge in [-0.2, -0.15) is 0 Å². The molecule has 2 aliphatic rings. The SMILES string of the molecule is CCOC(=O)C1=CC[C@H](c2cccc([N+](=O)[O-])c2)[C@@]12C(=O)Oc1ccccc12. The summed E-state index contributed by atoms with van der Waals surface area (Å²) in [5.74, 6) is -1.27. The predicted molar refractivity (Wildman–Crippen MR) is 98.9 cm³/mol. The zero-order valence-corrected chi connectivity index (χ0v) is 15.1. The number of nitro groups is 1. The highest BCUT2D eigenvalue weighted by Crippen LogP contribution is 2.57. The van der Waals surface area contributed by atoms with Crippen LogP contribution in [-0.2, 0) is 19.7 Å². The van der Waals surface area contributed by atoms with E-state index in [1.165, 1.54) is 12.1 Å². The molecule has 0 amide bonds. The second kappa shape index (κ2) is 6.60. The van der Waals surface area contributed by atoms with E-state index < -0.39 is 28.2 Å². The number of hydrogen-bond donors (Lipinski definition) is 0. The molecule has 1 aliphatic carbocycles. The van der Waals surface area contributed by atoms with E-state index in [4.69, 9.17) is 9.47 Å². The fourth-order valence-corrected chi connectivity index (χ4v) is 4.21. The van der Waals surface area contributed by atoms with E-state index >= 15 is 0 Å². The zero-order valence-electron chi connectivity index (χ0n) is 15.1. The number of fused-ring (bicyclic) bond motifs is 2. The largest absolute Gasteiger partial charge is 0.463 e. The molecule has 0 aromatic heterocycles. The molecule has 2 aromatic rings. The smallest absolute Gasteiger partial charge is 0.335 e. The number of carbonyl (C=O) groups excluding carboxylic acids is 2. The maximum absolute atomic E-state index is 13.2. The standard InChI is InChI=1S/C21H17NO6/c1-2-27-19(23)17-11-10-15(13-6-5-7-14(12-13)22(25)26)21(17)16-8-3-4-9-18(16)28-20(21)24/h3-9,11-12,15H,2,10H2,1H3/t15-,21+/m1/s1. The summed E-state index contributed by atoms with van der Waals surface area (Å²) in [6, 6.07) is 13.1. The van der Waals surface area contributed by atoms with Crippen LogP contribution < -0.4 is 4.74 Å². The Balaban J connectivity index is 1.92. The van der Waals surface area contributed by atoms with Crippen molar-refractivity contribution in [3.8, 4) is 5.75 Å². The van der Waals surface area contributed by atoms with Crippen molar-refractivity contribution < 1.29 is 24.0 Å². The van der Waals surface area contributed by atoms with Gasteiger partial charge in [0.1, 0.15) is 11.2 Å². The minimum absolute atomic E-state index is 0.0723. The van der Waals surface area contributed by atoms with Crippen molar-refractivity contribution in [1.82, 2.24) is 0 Å². The number of hydrogen-bond acceptors (Lipinski definition) is 6. The van der Waals surface area contributed by atoms with E-state index in [1.54, 1.807) is 49.4 Å². The molecule has 0 saturated carbocycles. The van der Waals surface area contributed by atoms with Crippen molar-refractivity contribution in [2.75, 3.05) is 6.61 Å². The third-order valence-corrected chi connectivity index (χ3v) is 5.32. The molecule has 0 saturated heterocycles. The lowest BCUT2D eigenvalue weighted by Crippen LogP contribution is -2.41. The Morgan fingerprint density at radius 2 is 2.07 bits per heavy atom. The van der Waals surface area contributed by atoms with Gasteiger partial charge >= 0.3 is 11.9 Å². The zero-order chi connectivity index (χ0) is 19.9. The van der Waals surface area contributed by atoms with E-state index in [2.05, 4.69) is 0 Å². The molecule has 7 heteroatoms. The third kappa shape index (κ3) is 2.43. The highest BCUT2D eigenvalue weighted by atomic mass is 16.6. The molecule has 2 aromatic carbocycles. The second-order valence-corrected chi connectivity index (χ2v) is 6.67. The molecule has 28 heavy (non-hydrogen) atoms. The first kappa shape index (κ1) is 17.9. The first-order valence-corrected chi connectivity index (χ1v) is 8.94. The number of nitrogens with zero attached hydrogens (tertiary/aromatic N) is 1. The summed E-state index contributed by atoms with van der Waals surface area (Å²) >= 11 is 0. The predicted octanol–water partition coefficient (Wildman–Crippen LogP) is 3.43. The number of allylic oxidation sites excluding steroid dienone is 1. The Bertz CT molecular complexity index is 1030. The van der Waals surface area contributed by atoms with Crippen LogP contribution in [0.3, 0.4) is 0 Å². The van der Waals surface area contributed by atoms with Gasteiger partial charge in [-0.25, -0.2) is 4.79 Å². The summed E-state index contributed by atoms with van der Waals surface area (Å²) in [7, 11) is 0. The Morgan fingerprint density at radius 3 is 2.82 bits per heavy atom. The summed E-state index contributed by atoms with van der Waals surface area (Å²) < 4.78 is 10.7. The van der Waals surface area contributed by atoms with Crippen LogP contribution in [0.4, 0.5) is 5.69 Å².